The molecule has 0 unspecified atom stereocenters. The molecule has 6 rings (SSSR count). The van der Waals surface area contributed by atoms with Gasteiger partial charge in [-0.2, -0.15) is 8.75 Å². The van der Waals surface area contributed by atoms with Crippen LogP contribution in [0.5, 0.6) is 0 Å². The van der Waals surface area contributed by atoms with Crippen LogP contribution in [0, 0.1) is 0 Å². The van der Waals surface area contributed by atoms with Gasteiger partial charge in [0.1, 0.15) is 11.0 Å². The first kappa shape index (κ1) is 20.9. The van der Waals surface area contributed by atoms with E-state index < -0.39 is 0 Å². The van der Waals surface area contributed by atoms with Crippen LogP contribution in [0.3, 0.4) is 0 Å². The Bertz CT molecular complexity index is 1500. The van der Waals surface area contributed by atoms with Gasteiger partial charge in [-0.05, 0) is 58.3 Å². The fraction of sp³-hybridized carbons (Fsp3) is 0. The smallest absolute Gasteiger partial charge is 0.114 e. The second kappa shape index (κ2) is 8.59. The van der Waals surface area contributed by atoms with Crippen LogP contribution in [-0.2, 0) is 0 Å². The van der Waals surface area contributed by atoms with E-state index in [0.717, 1.165) is 22.2 Å². The van der Waals surface area contributed by atoms with Crippen molar-refractivity contribution in [2.24, 2.45) is 0 Å². The molecule has 1 aromatic carbocycles. The number of hydrogen-bond donors (Lipinski definition) is 0. The Balaban J connectivity index is 1.38. The molecule has 0 spiro atoms. The molecule has 0 bridgehead atoms. The Morgan fingerprint density at radius 2 is 1.03 bits per heavy atom. The lowest BCUT2D eigenvalue weighted by Crippen LogP contribution is -1.81. The summed E-state index contributed by atoms with van der Waals surface area (Å²) in [7, 11) is 0. The standard InChI is InChI=1S/C26H16N2S5/c1-3-15-11-23(29-13-15)21-9-7-19(31-21)17-5-6-18(26-25(17)27-33-28-26)20-8-10-22(32-20)24-12-16(4-2)14-30-24/h3-14H,1-2H2. The summed E-state index contributed by atoms with van der Waals surface area (Å²) in [6, 6.07) is 17.5. The summed E-state index contributed by atoms with van der Waals surface area (Å²) < 4.78 is 9.36. The van der Waals surface area contributed by atoms with Crippen LogP contribution in [0.15, 0.2) is 72.4 Å². The maximum atomic E-state index is 4.68. The average Bonchev–Trinajstić information content (AvgIpc) is 3.68. The summed E-state index contributed by atoms with van der Waals surface area (Å²) in [5.74, 6) is 0. The van der Waals surface area contributed by atoms with Gasteiger partial charge in [-0.25, -0.2) is 0 Å². The van der Waals surface area contributed by atoms with Crippen molar-refractivity contribution in [1.29, 1.82) is 0 Å². The number of thiophene rings is 4. The predicted molar refractivity (Wildman–Crippen MR) is 151 cm³/mol. The molecule has 33 heavy (non-hydrogen) atoms. The zero-order valence-corrected chi connectivity index (χ0v) is 21.4. The molecule has 0 atom stereocenters. The van der Waals surface area contributed by atoms with E-state index >= 15 is 0 Å². The Kier molecular flexibility index (Phi) is 5.44. The molecule has 5 aromatic heterocycles. The van der Waals surface area contributed by atoms with Crippen LogP contribution in [0.25, 0.3) is 63.6 Å². The van der Waals surface area contributed by atoms with Gasteiger partial charge in [0, 0.05) is 40.4 Å². The van der Waals surface area contributed by atoms with E-state index in [2.05, 4.69) is 81.2 Å². The molecule has 0 saturated heterocycles. The zero-order chi connectivity index (χ0) is 22.4. The first-order valence-corrected chi connectivity index (χ1v) is 14.2. The van der Waals surface area contributed by atoms with Gasteiger partial charge in [-0.3, -0.25) is 0 Å². The van der Waals surface area contributed by atoms with Crippen LogP contribution in [-0.4, -0.2) is 8.75 Å². The van der Waals surface area contributed by atoms with Crippen molar-refractivity contribution in [1.82, 2.24) is 8.75 Å². The van der Waals surface area contributed by atoms with E-state index in [4.69, 9.17) is 0 Å². The van der Waals surface area contributed by atoms with E-state index in [-0.39, 0.29) is 0 Å². The van der Waals surface area contributed by atoms with Gasteiger partial charge < -0.3 is 0 Å². The van der Waals surface area contributed by atoms with Gasteiger partial charge in [-0.1, -0.05) is 37.4 Å². The Morgan fingerprint density at radius 3 is 1.45 bits per heavy atom. The minimum Gasteiger partial charge on any atom is -0.172 e. The molecule has 0 aliphatic rings. The number of hydrogen-bond acceptors (Lipinski definition) is 7. The third kappa shape index (κ3) is 3.76. The predicted octanol–water partition coefficient (Wildman–Crippen LogP) is 9.89. The highest BCUT2D eigenvalue weighted by atomic mass is 32.1. The quantitative estimate of drug-likeness (QED) is 0.220. The normalized spacial score (nSPS) is 11.3. The molecular weight excluding hydrogens is 501 g/mol. The number of aromatic nitrogens is 2. The van der Waals surface area contributed by atoms with E-state index in [1.165, 1.54) is 52.1 Å². The molecule has 5 heterocycles. The van der Waals surface area contributed by atoms with Crippen LogP contribution in [0.4, 0.5) is 0 Å². The maximum Gasteiger partial charge on any atom is 0.114 e. The minimum atomic E-state index is 0.976. The van der Waals surface area contributed by atoms with Crippen molar-refractivity contribution in [3.63, 3.8) is 0 Å². The molecule has 0 aliphatic heterocycles. The molecule has 160 valence electrons. The fourth-order valence-corrected chi connectivity index (χ4v) is 8.30. The molecule has 0 amide bonds. The number of benzene rings is 1. The molecule has 0 aliphatic carbocycles. The number of nitrogens with zero attached hydrogens (tertiary/aromatic N) is 2. The molecule has 0 radical (unpaired) electrons. The van der Waals surface area contributed by atoms with Gasteiger partial charge in [0.2, 0.25) is 0 Å². The lowest BCUT2D eigenvalue weighted by atomic mass is 10.1. The van der Waals surface area contributed by atoms with Crippen molar-refractivity contribution >= 4 is 80.3 Å². The summed E-state index contributed by atoms with van der Waals surface area (Å²) >= 11 is 8.38. The monoisotopic (exact) mass is 516 g/mol. The van der Waals surface area contributed by atoms with E-state index in [1.54, 1.807) is 45.3 Å². The summed E-state index contributed by atoms with van der Waals surface area (Å²) in [6.45, 7) is 7.74. The van der Waals surface area contributed by atoms with Crippen LogP contribution in [0.2, 0.25) is 0 Å². The fourth-order valence-electron chi connectivity index (χ4n) is 3.67. The van der Waals surface area contributed by atoms with Crippen LogP contribution >= 0.6 is 57.1 Å². The molecule has 6 aromatic rings. The highest BCUT2D eigenvalue weighted by Gasteiger charge is 2.17. The van der Waals surface area contributed by atoms with Gasteiger partial charge in [0.25, 0.3) is 0 Å². The van der Waals surface area contributed by atoms with Crippen LogP contribution < -0.4 is 0 Å². The summed E-state index contributed by atoms with van der Waals surface area (Å²) in [5, 5.41) is 4.28. The molecule has 7 heteroatoms. The first-order chi connectivity index (χ1) is 16.2. The number of fused-ring (bicyclic) bond motifs is 1. The minimum absolute atomic E-state index is 0.976. The van der Waals surface area contributed by atoms with E-state index in [9.17, 15) is 0 Å². The second-order valence-corrected chi connectivity index (χ2v) is 11.9. The van der Waals surface area contributed by atoms with Crippen molar-refractivity contribution < 1.29 is 0 Å². The maximum absolute atomic E-state index is 4.68. The Labute approximate surface area is 211 Å². The average molecular weight is 517 g/mol. The van der Waals surface area contributed by atoms with Gasteiger partial charge in [0.05, 0.1) is 11.7 Å². The third-order valence-corrected chi connectivity index (χ3v) is 10.4. The largest absolute Gasteiger partial charge is 0.172 e. The van der Waals surface area contributed by atoms with Gasteiger partial charge in [0.15, 0.2) is 0 Å². The highest BCUT2D eigenvalue weighted by molar-refractivity contribution is 7.24. The van der Waals surface area contributed by atoms with Crippen molar-refractivity contribution in [2.45, 2.75) is 0 Å². The molecule has 0 fully saturated rings. The highest BCUT2D eigenvalue weighted by Crippen LogP contribution is 2.43. The van der Waals surface area contributed by atoms with E-state index in [0.29, 0.717) is 0 Å². The summed E-state index contributed by atoms with van der Waals surface area (Å²) in [6.07, 6.45) is 3.79. The van der Waals surface area contributed by atoms with E-state index in [1.807, 2.05) is 12.2 Å². The Hall–Kier alpha value is -2.68. The lowest BCUT2D eigenvalue weighted by Gasteiger charge is -2.03. The van der Waals surface area contributed by atoms with Gasteiger partial charge >= 0.3 is 0 Å². The van der Waals surface area contributed by atoms with Crippen molar-refractivity contribution in [2.75, 3.05) is 0 Å². The van der Waals surface area contributed by atoms with Gasteiger partial charge in [-0.15, -0.1) is 45.3 Å². The molecule has 0 N–H and O–H groups in total. The summed E-state index contributed by atoms with van der Waals surface area (Å²) in [4.78, 5) is 7.49. The SMILES string of the molecule is C=Cc1csc(-c2ccc(-c3ccc(-c4ccc(-c5cc(C=C)cs5)s4)c4nsnc34)s2)c1. The second-order valence-electron chi connectivity index (χ2n) is 7.35. The zero-order valence-electron chi connectivity index (χ0n) is 17.3. The topological polar surface area (TPSA) is 25.8 Å². The molecular formula is C26H16N2S5. The molecule has 0 saturated carbocycles. The first-order valence-electron chi connectivity index (χ1n) is 10.1. The molecule has 2 nitrogen and oxygen atoms in total. The van der Waals surface area contributed by atoms with Crippen LogP contribution in [0.1, 0.15) is 11.1 Å². The third-order valence-electron chi connectivity index (χ3n) is 5.35. The Morgan fingerprint density at radius 1 is 0.576 bits per heavy atom. The summed E-state index contributed by atoms with van der Waals surface area (Å²) in [5.41, 5.74) is 6.57. The number of rotatable bonds is 6. The van der Waals surface area contributed by atoms with Crippen molar-refractivity contribution in [3.05, 3.63) is 83.6 Å². The lowest BCUT2D eigenvalue weighted by molar-refractivity contribution is 1.63. The van der Waals surface area contributed by atoms with Crippen molar-refractivity contribution in [3.8, 4) is 40.4 Å².